The molecule has 8 heteroatoms. The quantitative estimate of drug-likeness (QED) is 0.619. The Hall–Kier alpha value is -3.29. The lowest BCUT2D eigenvalue weighted by Gasteiger charge is -2.30. The fourth-order valence-electron chi connectivity index (χ4n) is 3.67. The van der Waals surface area contributed by atoms with Crippen LogP contribution < -0.4 is 9.47 Å². The summed E-state index contributed by atoms with van der Waals surface area (Å²) in [5.41, 5.74) is 1.47. The van der Waals surface area contributed by atoms with Crippen molar-refractivity contribution in [1.29, 1.82) is 0 Å². The van der Waals surface area contributed by atoms with E-state index in [1.807, 2.05) is 33.9 Å². The third-order valence-corrected chi connectivity index (χ3v) is 5.56. The van der Waals surface area contributed by atoms with Crippen molar-refractivity contribution < 1.29 is 18.8 Å². The smallest absolute Gasteiger partial charge is 0.274 e. The molecule has 0 atom stereocenters. The van der Waals surface area contributed by atoms with Gasteiger partial charge in [0.25, 0.3) is 5.89 Å². The second kappa shape index (κ2) is 8.61. The Morgan fingerprint density at radius 1 is 1.17 bits per heavy atom. The van der Waals surface area contributed by atoms with Crippen LogP contribution in [-0.2, 0) is 11.3 Å². The fraction of sp³-hybridized carbons (Fsp3) is 0.409. The van der Waals surface area contributed by atoms with Gasteiger partial charge in [-0.2, -0.15) is 4.98 Å². The average Bonchev–Trinajstić information content (AvgIpc) is 3.43. The number of hydrogen-bond acceptors (Lipinski definition) is 6. The second-order valence-corrected chi connectivity index (χ2v) is 7.58. The van der Waals surface area contributed by atoms with E-state index in [1.165, 1.54) is 0 Å². The molecule has 1 aliphatic heterocycles. The first-order valence-electron chi connectivity index (χ1n) is 10.1. The predicted molar refractivity (Wildman–Crippen MR) is 111 cm³/mol. The number of nitrogens with zero attached hydrogens (tertiary/aromatic N) is 4. The Morgan fingerprint density at radius 3 is 2.67 bits per heavy atom. The lowest BCUT2D eigenvalue weighted by atomic mass is 9.99. The van der Waals surface area contributed by atoms with Gasteiger partial charge in [0.05, 0.1) is 14.2 Å². The maximum absolute atomic E-state index is 12.7. The van der Waals surface area contributed by atoms with Crippen LogP contribution in [0.2, 0.25) is 0 Å². The van der Waals surface area contributed by atoms with Crippen LogP contribution in [0.25, 0.3) is 23.0 Å². The van der Waals surface area contributed by atoms with Gasteiger partial charge in [0.1, 0.15) is 12.2 Å². The summed E-state index contributed by atoms with van der Waals surface area (Å²) in [6.07, 6.45) is 3.98. The highest BCUT2D eigenvalue weighted by molar-refractivity contribution is 5.77. The molecule has 1 aliphatic rings. The molecule has 1 saturated heterocycles. The van der Waals surface area contributed by atoms with Crippen molar-refractivity contribution in [3.8, 4) is 34.5 Å². The van der Waals surface area contributed by atoms with Gasteiger partial charge in [0, 0.05) is 24.8 Å². The maximum atomic E-state index is 12.7. The molecular formula is C22H26N4O4. The number of likely N-dealkylation sites (tertiary alicyclic amines) is 1. The molecule has 0 bridgehead atoms. The van der Waals surface area contributed by atoms with Gasteiger partial charge in [-0.15, -0.1) is 0 Å². The van der Waals surface area contributed by atoms with Crippen LogP contribution in [0.3, 0.4) is 0 Å². The van der Waals surface area contributed by atoms with Gasteiger partial charge < -0.3 is 23.5 Å². The molecule has 158 valence electrons. The van der Waals surface area contributed by atoms with Gasteiger partial charge in [0.2, 0.25) is 11.7 Å². The number of carbonyl (C=O) groups is 1. The molecule has 8 nitrogen and oxygen atoms in total. The van der Waals surface area contributed by atoms with Crippen LogP contribution in [-0.4, -0.2) is 52.8 Å². The summed E-state index contributed by atoms with van der Waals surface area (Å²) in [5, 5.41) is 4.10. The van der Waals surface area contributed by atoms with Gasteiger partial charge in [-0.05, 0) is 49.1 Å². The number of methoxy groups -OCH3 is 2. The molecule has 0 saturated carbocycles. The predicted octanol–water partition coefficient (Wildman–Crippen LogP) is 3.48. The largest absolute Gasteiger partial charge is 0.493 e. The first-order valence-corrected chi connectivity index (χ1v) is 10.1. The molecular weight excluding hydrogens is 384 g/mol. The van der Waals surface area contributed by atoms with Crippen molar-refractivity contribution in [2.24, 2.45) is 5.92 Å². The van der Waals surface area contributed by atoms with Gasteiger partial charge in [-0.3, -0.25) is 4.79 Å². The molecule has 0 aliphatic carbocycles. The Morgan fingerprint density at radius 2 is 1.93 bits per heavy atom. The molecule has 0 N–H and O–H groups in total. The van der Waals surface area contributed by atoms with Crippen molar-refractivity contribution in [2.75, 3.05) is 27.3 Å². The molecule has 0 radical (unpaired) electrons. The van der Waals surface area contributed by atoms with E-state index in [4.69, 9.17) is 14.0 Å². The first kappa shape index (κ1) is 20.0. The minimum atomic E-state index is 0.110. The number of rotatable bonds is 6. The standard InChI is InChI=1S/C22H26N4O4/c1-15-8-11-25(12-9-15)20(27)14-26-10-4-5-17(26)22-23-21(24-30-22)16-6-7-18(28-2)19(13-16)29-3/h4-7,10,13,15H,8-9,11-12,14H2,1-3H3. The van der Waals surface area contributed by atoms with Crippen molar-refractivity contribution in [3.63, 3.8) is 0 Å². The summed E-state index contributed by atoms with van der Waals surface area (Å²) in [5.74, 6) is 2.82. The SMILES string of the molecule is COc1ccc(-c2noc(-c3cccn3CC(=O)N3CCC(C)CC3)n2)cc1OC. The summed E-state index contributed by atoms with van der Waals surface area (Å²) in [4.78, 5) is 19.2. The minimum absolute atomic E-state index is 0.110. The second-order valence-electron chi connectivity index (χ2n) is 7.58. The average molecular weight is 410 g/mol. The van der Waals surface area contributed by atoms with E-state index in [2.05, 4.69) is 17.1 Å². The Bertz CT molecular complexity index is 1020. The molecule has 3 aromatic rings. The van der Waals surface area contributed by atoms with Crippen LogP contribution >= 0.6 is 0 Å². The number of amides is 1. The molecule has 2 aromatic heterocycles. The maximum Gasteiger partial charge on any atom is 0.274 e. The van der Waals surface area contributed by atoms with Crippen LogP contribution in [0.4, 0.5) is 0 Å². The van der Waals surface area contributed by atoms with Gasteiger partial charge >= 0.3 is 0 Å². The fourth-order valence-corrected chi connectivity index (χ4v) is 3.67. The zero-order valence-corrected chi connectivity index (χ0v) is 17.5. The Kier molecular flexibility index (Phi) is 5.74. The molecule has 30 heavy (non-hydrogen) atoms. The number of hydrogen-bond donors (Lipinski definition) is 0. The lowest BCUT2D eigenvalue weighted by Crippen LogP contribution is -2.39. The van der Waals surface area contributed by atoms with Crippen molar-refractivity contribution in [1.82, 2.24) is 19.6 Å². The summed E-state index contributed by atoms with van der Waals surface area (Å²) in [6.45, 7) is 4.13. The minimum Gasteiger partial charge on any atom is -0.493 e. The number of ether oxygens (including phenoxy) is 2. The highest BCUT2D eigenvalue weighted by Crippen LogP contribution is 2.32. The third kappa shape index (κ3) is 4.03. The van der Waals surface area contributed by atoms with E-state index in [0.29, 0.717) is 34.8 Å². The first-order chi connectivity index (χ1) is 14.6. The zero-order valence-electron chi connectivity index (χ0n) is 17.5. The monoisotopic (exact) mass is 410 g/mol. The van der Waals surface area contributed by atoms with E-state index >= 15 is 0 Å². The van der Waals surface area contributed by atoms with Crippen molar-refractivity contribution >= 4 is 5.91 Å². The molecule has 4 rings (SSSR count). The highest BCUT2D eigenvalue weighted by atomic mass is 16.5. The Labute approximate surface area is 175 Å². The van der Waals surface area contributed by atoms with E-state index in [-0.39, 0.29) is 12.5 Å². The van der Waals surface area contributed by atoms with Gasteiger partial charge in [0.15, 0.2) is 11.5 Å². The molecule has 1 aromatic carbocycles. The molecule has 3 heterocycles. The molecule has 0 unspecified atom stereocenters. The third-order valence-electron chi connectivity index (χ3n) is 5.56. The van der Waals surface area contributed by atoms with Crippen LogP contribution in [0.1, 0.15) is 19.8 Å². The molecule has 0 spiro atoms. The highest BCUT2D eigenvalue weighted by Gasteiger charge is 2.22. The zero-order chi connectivity index (χ0) is 21.1. The van der Waals surface area contributed by atoms with Crippen LogP contribution in [0.5, 0.6) is 11.5 Å². The van der Waals surface area contributed by atoms with E-state index < -0.39 is 0 Å². The van der Waals surface area contributed by atoms with Crippen molar-refractivity contribution in [2.45, 2.75) is 26.3 Å². The van der Waals surface area contributed by atoms with Crippen LogP contribution in [0.15, 0.2) is 41.1 Å². The number of carbonyl (C=O) groups excluding carboxylic acids is 1. The lowest BCUT2D eigenvalue weighted by molar-refractivity contribution is -0.133. The number of benzene rings is 1. The van der Waals surface area contributed by atoms with E-state index in [0.717, 1.165) is 31.5 Å². The summed E-state index contributed by atoms with van der Waals surface area (Å²) < 4.78 is 18.0. The van der Waals surface area contributed by atoms with Gasteiger partial charge in [-0.1, -0.05) is 12.1 Å². The Balaban J connectivity index is 1.52. The topological polar surface area (TPSA) is 82.6 Å². The molecule has 1 fully saturated rings. The number of aromatic nitrogens is 3. The summed E-state index contributed by atoms with van der Waals surface area (Å²) in [6, 6.07) is 9.19. The van der Waals surface area contributed by atoms with Gasteiger partial charge in [-0.25, -0.2) is 0 Å². The molecule has 1 amide bonds. The van der Waals surface area contributed by atoms with Crippen LogP contribution in [0, 0.1) is 5.92 Å². The normalized spacial score (nSPS) is 14.7. The summed E-state index contributed by atoms with van der Waals surface area (Å²) >= 11 is 0. The number of piperidine rings is 1. The van der Waals surface area contributed by atoms with E-state index in [1.54, 1.807) is 26.4 Å². The van der Waals surface area contributed by atoms with Crippen molar-refractivity contribution in [3.05, 3.63) is 36.5 Å². The summed E-state index contributed by atoms with van der Waals surface area (Å²) in [7, 11) is 3.17. The van der Waals surface area contributed by atoms with E-state index in [9.17, 15) is 4.79 Å².